The van der Waals surface area contributed by atoms with Gasteiger partial charge in [0.05, 0.1) is 18.9 Å². The van der Waals surface area contributed by atoms with Gasteiger partial charge in [0.2, 0.25) is 11.8 Å². The van der Waals surface area contributed by atoms with E-state index in [4.69, 9.17) is 0 Å². The Hall–Kier alpha value is -6.09. The highest BCUT2D eigenvalue weighted by Crippen LogP contribution is 2.22. The van der Waals surface area contributed by atoms with Crippen molar-refractivity contribution in [3.63, 3.8) is 0 Å². The lowest BCUT2D eigenvalue weighted by Gasteiger charge is -2.27. The fourth-order valence-corrected chi connectivity index (χ4v) is 5.63. The molecule has 0 fully saturated rings. The number of pyridine rings is 2. The largest absolute Gasteiger partial charge is 0.357 e. The summed E-state index contributed by atoms with van der Waals surface area (Å²) >= 11 is 0. The molecular weight excluding hydrogens is 600 g/mol. The molecule has 0 saturated heterocycles. The predicted molar refractivity (Wildman–Crippen MR) is 188 cm³/mol. The zero-order chi connectivity index (χ0) is 33.3. The van der Waals surface area contributed by atoms with Crippen LogP contribution in [0.2, 0.25) is 0 Å². The smallest absolute Gasteiger partial charge is 0.251 e. The van der Waals surface area contributed by atoms with Crippen LogP contribution >= 0.6 is 0 Å². The van der Waals surface area contributed by atoms with E-state index in [1.165, 1.54) is 0 Å². The van der Waals surface area contributed by atoms with Gasteiger partial charge in [-0.05, 0) is 59.7 Å². The molecule has 2 atom stereocenters. The summed E-state index contributed by atoms with van der Waals surface area (Å²) < 4.78 is 0. The van der Waals surface area contributed by atoms with Gasteiger partial charge < -0.3 is 20.4 Å². The Bertz CT molecular complexity index is 1710. The van der Waals surface area contributed by atoms with Crippen LogP contribution in [0.1, 0.15) is 22.5 Å². The first kappa shape index (κ1) is 31.9. The minimum absolute atomic E-state index is 0.00383. The second-order valence-electron chi connectivity index (χ2n) is 11.6. The summed E-state index contributed by atoms with van der Waals surface area (Å²) in [6, 6.07) is 25.6. The number of carbonyl (C=O) groups excluding carboxylic acids is 3. The van der Waals surface area contributed by atoms with E-state index in [2.05, 4.69) is 27.2 Å². The minimum Gasteiger partial charge on any atom is -0.357 e. The third-order valence-electron chi connectivity index (χ3n) is 8.16. The molecule has 0 bridgehead atoms. The first-order chi connectivity index (χ1) is 23.4. The zero-order valence-corrected chi connectivity index (χ0v) is 26.4. The van der Waals surface area contributed by atoms with Gasteiger partial charge in [-0.1, -0.05) is 79.4 Å². The monoisotopic (exact) mass is 636 g/mol. The number of hydrogen-bond acceptors (Lipinski definition) is 6. The molecule has 48 heavy (non-hydrogen) atoms. The van der Waals surface area contributed by atoms with E-state index in [-0.39, 0.29) is 36.6 Å². The van der Waals surface area contributed by atoms with Gasteiger partial charge in [-0.3, -0.25) is 24.4 Å². The maximum atomic E-state index is 13.0. The van der Waals surface area contributed by atoms with Gasteiger partial charge in [-0.25, -0.2) is 0 Å². The minimum atomic E-state index is -0.663. The van der Waals surface area contributed by atoms with E-state index in [0.29, 0.717) is 24.5 Å². The lowest BCUT2D eigenvalue weighted by atomic mass is 10.1. The second-order valence-corrected chi connectivity index (χ2v) is 11.6. The number of hydrogen-bond donors (Lipinski definition) is 2. The van der Waals surface area contributed by atoms with Gasteiger partial charge in [-0.15, -0.1) is 0 Å². The van der Waals surface area contributed by atoms with E-state index in [1.807, 2.05) is 103 Å². The van der Waals surface area contributed by atoms with Crippen molar-refractivity contribution in [2.45, 2.75) is 24.9 Å². The molecule has 4 aromatic rings. The van der Waals surface area contributed by atoms with Crippen LogP contribution in [-0.2, 0) is 27.2 Å². The molecule has 2 aromatic heterocycles. The molecule has 0 radical (unpaired) electrons. The zero-order valence-electron chi connectivity index (χ0n) is 26.4. The maximum Gasteiger partial charge on any atom is 0.251 e. The number of carbonyl (C=O) groups is 3. The Balaban J connectivity index is 0.988. The van der Waals surface area contributed by atoms with Crippen molar-refractivity contribution in [3.8, 4) is 0 Å². The first-order valence-electron chi connectivity index (χ1n) is 15.8. The van der Waals surface area contributed by atoms with Crippen LogP contribution in [0.4, 0.5) is 11.4 Å². The molecule has 240 valence electrons. The molecule has 3 amide bonds. The number of nitrogens with one attached hydrogen (secondary N) is 2. The fourth-order valence-electron chi connectivity index (χ4n) is 5.63. The van der Waals surface area contributed by atoms with Crippen molar-refractivity contribution in [2.75, 3.05) is 23.7 Å². The molecule has 0 unspecified atom stereocenters. The van der Waals surface area contributed by atoms with Crippen molar-refractivity contribution in [3.05, 3.63) is 156 Å². The average molecular weight is 637 g/mol. The molecule has 0 aliphatic carbocycles. The van der Waals surface area contributed by atoms with E-state index in [9.17, 15) is 14.4 Å². The normalized spacial score (nSPS) is 16.8. The van der Waals surface area contributed by atoms with Crippen LogP contribution < -0.4 is 10.6 Å². The van der Waals surface area contributed by atoms with Crippen molar-refractivity contribution in [1.82, 2.24) is 19.8 Å². The third kappa shape index (κ3) is 8.00. The first-order valence-corrected chi connectivity index (χ1v) is 15.8. The third-order valence-corrected chi connectivity index (χ3v) is 8.16. The quantitative estimate of drug-likeness (QED) is 0.166. The number of benzene rings is 2. The van der Waals surface area contributed by atoms with Crippen LogP contribution in [0.5, 0.6) is 0 Å². The molecular formula is C39H36N6O3. The molecule has 9 heteroatoms. The summed E-state index contributed by atoms with van der Waals surface area (Å²) in [5.41, 5.74) is 5.66. The Morgan fingerprint density at radius 1 is 0.667 bits per heavy atom. The Morgan fingerprint density at radius 2 is 1.15 bits per heavy atom. The van der Waals surface area contributed by atoms with Gasteiger partial charge in [0, 0.05) is 53.9 Å². The van der Waals surface area contributed by atoms with Gasteiger partial charge in [0.1, 0.15) is 6.04 Å². The van der Waals surface area contributed by atoms with E-state index in [1.54, 1.807) is 40.4 Å². The number of nitrogens with zero attached hydrogens (tertiary/aromatic N) is 4. The second kappa shape index (κ2) is 15.0. The van der Waals surface area contributed by atoms with Crippen molar-refractivity contribution in [2.24, 2.45) is 0 Å². The van der Waals surface area contributed by atoms with Gasteiger partial charge in [0.15, 0.2) is 0 Å². The highest BCUT2D eigenvalue weighted by atomic mass is 16.2. The summed E-state index contributed by atoms with van der Waals surface area (Å²) in [7, 11) is 0. The Labute approximate surface area is 280 Å². The summed E-state index contributed by atoms with van der Waals surface area (Å²) in [5.74, 6) is -0.399. The summed E-state index contributed by atoms with van der Waals surface area (Å²) in [6.45, 7) is 5.14. The molecule has 2 aliphatic heterocycles. The van der Waals surface area contributed by atoms with Crippen LogP contribution in [-0.4, -0.2) is 62.7 Å². The maximum absolute atomic E-state index is 13.0. The predicted octanol–water partition coefficient (Wildman–Crippen LogP) is 5.53. The van der Waals surface area contributed by atoms with Gasteiger partial charge >= 0.3 is 0 Å². The molecule has 2 aliphatic rings. The SMILES string of the molecule is C=C(Nc1ccc(/C=C/c2ccc(NC(=O)[C@@H]3C=CCN3C(=O)Cc3ccccn3)cc2)cc1)[C@@H]1C=CCN1C(=O)Cc1ccccn1. The number of aromatic nitrogens is 2. The van der Waals surface area contributed by atoms with Crippen LogP contribution in [0, 0.1) is 0 Å². The van der Waals surface area contributed by atoms with Crippen molar-refractivity contribution >= 4 is 41.2 Å². The molecule has 2 aromatic carbocycles. The van der Waals surface area contributed by atoms with E-state index >= 15 is 0 Å². The highest BCUT2D eigenvalue weighted by molar-refractivity contribution is 5.99. The summed E-state index contributed by atoms with van der Waals surface area (Å²) in [4.78, 5) is 50.7. The summed E-state index contributed by atoms with van der Waals surface area (Å²) in [6.07, 6.45) is 15.3. The average Bonchev–Trinajstić information content (AvgIpc) is 3.81. The lowest BCUT2D eigenvalue weighted by molar-refractivity contribution is -0.135. The lowest BCUT2D eigenvalue weighted by Crippen LogP contribution is -2.44. The summed E-state index contributed by atoms with van der Waals surface area (Å²) in [5, 5.41) is 6.28. The molecule has 6 rings (SSSR count). The molecule has 0 spiro atoms. The molecule has 2 N–H and O–H groups in total. The van der Waals surface area contributed by atoms with Crippen LogP contribution in [0.15, 0.2) is 134 Å². The van der Waals surface area contributed by atoms with Crippen molar-refractivity contribution in [1.29, 1.82) is 0 Å². The van der Waals surface area contributed by atoms with Gasteiger partial charge in [-0.2, -0.15) is 0 Å². The number of amides is 3. The molecule has 9 nitrogen and oxygen atoms in total. The molecule has 0 saturated carbocycles. The van der Waals surface area contributed by atoms with E-state index < -0.39 is 6.04 Å². The number of anilines is 2. The Morgan fingerprint density at radius 3 is 1.65 bits per heavy atom. The van der Waals surface area contributed by atoms with Crippen LogP contribution in [0.25, 0.3) is 12.2 Å². The van der Waals surface area contributed by atoms with E-state index in [0.717, 1.165) is 28.2 Å². The van der Waals surface area contributed by atoms with Crippen LogP contribution in [0.3, 0.4) is 0 Å². The number of rotatable bonds is 11. The van der Waals surface area contributed by atoms with Crippen molar-refractivity contribution < 1.29 is 14.4 Å². The van der Waals surface area contributed by atoms with Gasteiger partial charge in [0.25, 0.3) is 5.91 Å². The fraction of sp³-hybridized carbons (Fsp3) is 0.154. The topological polar surface area (TPSA) is 108 Å². The highest BCUT2D eigenvalue weighted by Gasteiger charge is 2.31. The molecule has 4 heterocycles. The Kier molecular flexibility index (Phi) is 9.96. The standard InChI is InChI=1S/C39H36N6O3/c1-28(35-10-6-24-44(35)37(46)26-33-8-2-4-22-40-33)42-31-18-14-29(15-19-31)12-13-30-16-20-32(21-17-30)43-39(48)36-11-7-25-45(36)38(47)27-34-9-3-5-23-41-34/h2-23,35-36,42H,1,24-27H2,(H,43,48)/b13-12+/t35-,36-/m0/s1.